The first-order valence-electron chi connectivity index (χ1n) is 6.01. The van der Waals surface area contributed by atoms with Gasteiger partial charge in [-0.3, -0.25) is 4.79 Å². The number of amides is 1. The molecule has 96 valence electrons. The zero-order valence-electron chi connectivity index (χ0n) is 10.5. The summed E-state index contributed by atoms with van der Waals surface area (Å²) in [7, 11) is 0. The van der Waals surface area contributed by atoms with E-state index in [-0.39, 0.29) is 12.5 Å². The molecule has 0 saturated carbocycles. The molecule has 0 fully saturated rings. The summed E-state index contributed by atoms with van der Waals surface area (Å²) < 4.78 is 5.33. The van der Waals surface area contributed by atoms with Gasteiger partial charge in [0.2, 0.25) is 0 Å². The third-order valence-electron chi connectivity index (χ3n) is 2.97. The fourth-order valence-electron chi connectivity index (χ4n) is 1.93. The predicted octanol–water partition coefficient (Wildman–Crippen LogP) is 3.56. The first-order valence-corrected chi connectivity index (χ1v) is 6.89. The van der Waals surface area contributed by atoms with Crippen LogP contribution in [0.4, 0.5) is 5.69 Å². The maximum atomic E-state index is 11.3. The third kappa shape index (κ3) is 2.53. The molecule has 1 aromatic carbocycles. The van der Waals surface area contributed by atoms with E-state index in [0.717, 1.165) is 17.0 Å². The smallest absolute Gasteiger partial charge is 0.262 e. The van der Waals surface area contributed by atoms with Gasteiger partial charge in [-0.2, -0.15) is 0 Å². The van der Waals surface area contributed by atoms with Gasteiger partial charge in [-0.05, 0) is 47.7 Å². The number of hydrogen-bond acceptors (Lipinski definition) is 3. The zero-order chi connectivity index (χ0) is 13.2. The van der Waals surface area contributed by atoms with E-state index in [1.807, 2.05) is 24.3 Å². The van der Waals surface area contributed by atoms with Crippen molar-refractivity contribution in [2.24, 2.45) is 0 Å². The van der Waals surface area contributed by atoms with Crippen molar-refractivity contribution in [2.75, 3.05) is 11.9 Å². The summed E-state index contributed by atoms with van der Waals surface area (Å²) in [5.41, 5.74) is 3.05. The molecular formula is C15H13NO2S. The molecule has 1 amide bonds. The minimum atomic E-state index is -0.109. The lowest BCUT2D eigenvalue weighted by atomic mass is 10.1. The van der Waals surface area contributed by atoms with Gasteiger partial charge in [0.1, 0.15) is 5.75 Å². The van der Waals surface area contributed by atoms with Gasteiger partial charge in [-0.25, -0.2) is 0 Å². The van der Waals surface area contributed by atoms with E-state index < -0.39 is 0 Å². The van der Waals surface area contributed by atoms with Gasteiger partial charge in [0, 0.05) is 4.88 Å². The van der Waals surface area contributed by atoms with Crippen LogP contribution in [0.5, 0.6) is 5.75 Å². The Morgan fingerprint density at radius 3 is 3.00 bits per heavy atom. The molecule has 0 saturated heterocycles. The average Bonchev–Trinajstić information content (AvgIpc) is 2.81. The SMILES string of the molecule is Cc1ccsc1C=Cc1ccc2c(c1)NC(=O)CO2. The maximum absolute atomic E-state index is 11.3. The van der Waals surface area contributed by atoms with E-state index in [1.165, 1.54) is 10.4 Å². The van der Waals surface area contributed by atoms with Crippen LogP contribution in [0.3, 0.4) is 0 Å². The topological polar surface area (TPSA) is 38.3 Å². The van der Waals surface area contributed by atoms with Gasteiger partial charge in [0.05, 0.1) is 5.69 Å². The van der Waals surface area contributed by atoms with E-state index in [9.17, 15) is 4.79 Å². The number of nitrogens with one attached hydrogen (secondary N) is 1. The first-order chi connectivity index (χ1) is 9.22. The van der Waals surface area contributed by atoms with E-state index in [2.05, 4.69) is 29.8 Å². The minimum absolute atomic E-state index is 0.0938. The molecule has 1 N–H and O–H groups in total. The standard InChI is InChI=1S/C15H13NO2S/c1-10-6-7-19-14(10)5-3-11-2-4-13-12(8-11)16-15(17)9-18-13/h2-8H,9H2,1H3,(H,16,17). The second-order valence-corrected chi connectivity index (χ2v) is 5.34. The molecule has 3 rings (SSSR count). The second-order valence-electron chi connectivity index (χ2n) is 4.39. The molecule has 4 heteroatoms. The highest BCUT2D eigenvalue weighted by atomic mass is 32.1. The Labute approximate surface area is 115 Å². The van der Waals surface area contributed by atoms with Gasteiger partial charge >= 0.3 is 0 Å². The van der Waals surface area contributed by atoms with Crippen molar-refractivity contribution < 1.29 is 9.53 Å². The molecule has 0 aliphatic carbocycles. The van der Waals surface area contributed by atoms with Gasteiger partial charge in [-0.15, -0.1) is 11.3 Å². The lowest BCUT2D eigenvalue weighted by molar-refractivity contribution is -0.118. The zero-order valence-corrected chi connectivity index (χ0v) is 11.3. The van der Waals surface area contributed by atoms with E-state index in [4.69, 9.17) is 4.74 Å². The summed E-state index contributed by atoms with van der Waals surface area (Å²) in [6, 6.07) is 7.89. The quantitative estimate of drug-likeness (QED) is 0.907. The fourth-order valence-corrected chi connectivity index (χ4v) is 2.75. The largest absolute Gasteiger partial charge is 0.482 e. The van der Waals surface area contributed by atoms with Crippen molar-refractivity contribution in [2.45, 2.75) is 6.92 Å². The maximum Gasteiger partial charge on any atom is 0.262 e. The van der Waals surface area contributed by atoms with Crippen LogP contribution >= 0.6 is 11.3 Å². The highest BCUT2D eigenvalue weighted by molar-refractivity contribution is 7.11. The van der Waals surface area contributed by atoms with E-state index in [0.29, 0.717) is 0 Å². The van der Waals surface area contributed by atoms with Crippen LogP contribution in [0.2, 0.25) is 0 Å². The van der Waals surface area contributed by atoms with Crippen molar-refractivity contribution in [1.82, 2.24) is 0 Å². The average molecular weight is 271 g/mol. The van der Waals surface area contributed by atoms with E-state index in [1.54, 1.807) is 11.3 Å². The summed E-state index contributed by atoms with van der Waals surface area (Å²) in [4.78, 5) is 12.5. The van der Waals surface area contributed by atoms with Crippen LogP contribution in [-0.4, -0.2) is 12.5 Å². The monoisotopic (exact) mass is 271 g/mol. The molecule has 1 aromatic heterocycles. The summed E-state index contributed by atoms with van der Waals surface area (Å²) in [6.07, 6.45) is 4.13. The minimum Gasteiger partial charge on any atom is -0.482 e. The van der Waals surface area contributed by atoms with Crippen molar-refractivity contribution in [1.29, 1.82) is 0 Å². The first kappa shape index (κ1) is 12.0. The molecule has 0 radical (unpaired) electrons. The number of anilines is 1. The summed E-state index contributed by atoms with van der Waals surface area (Å²) >= 11 is 1.72. The molecular weight excluding hydrogens is 258 g/mol. The van der Waals surface area contributed by atoms with Crippen molar-refractivity contribution in [3.05, 3.63) is 45.6 Å². The summed E-state index contributed by atoms with van der Waals surface area (Å²) in [6.45, 7) is 2.19. The molecule has 0 atom stereocenters. The van der Waals surface area contributed by atoms with Gasteiger partial charge in [0.15, 0.2) is 6.61 Å². The Bertz CT molecular complexity index is 658. The molecule has 3 nitrogen and oxygen atoms in total. The number of thiophene rings is 1. The molecule has 1 aliphatic rings. The number of ether oxygens (including phenoxy) is 1. The molecule has 2 heterocycles. The predicted molar refractivity (Wildman–Crippen MR) is 78.6 cm³/mol. The summed E-state index contributed by atoms with van der Waals surface area (Å²) in [5, 5.41) is 4.89. The Hall–Kier alpha value is -2.07. The van der Waals surface area contributed by atoms with Crippen LogP contribution in [-0.2, 0) is 4.79 Å². The lowest BCUT2D eigenvalue weighted by Crippen LogP contribution is -2.25. The fraction of sp³-hybridized carbons (Fsp3) is 0.133. The second kappa shape index (κ2) is 4.90. The van der Waals surface area contributed by atoms with Crippen LogP contribution < -0.4 is 10.1 Å². The van der Waals surface area contributed by atoms with Gasteiger partial charge in [-0.1, -0.05) is 12.1 Å². The molecule has 19 heavy (non-hydrogen) atoms. The third-order valence-corrected chi connectivity index (χ3v) is 3.95. The highest BCUT2D eigenvalue weighted by Crippen LogP contribution is 2.29. The Morgan fingerprint density at radius 2 is 2.21 bits per heavy atom. The number of rotatable bonds is 2. The number of benzene rings is 1. The molecule has 0 unspecified atom stereocenters. The summed E-state index contributed by atoms with van der Waals surface area (Å²) in [5.74, 6) is 0.617. The number of aryl methyl sites for hydroxylation is 1. The number of fused-ring (bicyclic) bond motifs is 1. The number of carbonyl (C=O) groups excluding carboxylic acids is 1. The molecule has 2 aromatic rings. The number of hydrogen-bond donors (Lipinski definition) is 1. The number of carbonyl (C=O) groups is 1. The van der Waals surface area contributed by atoms with Crippen molar-refractivity contribution in [3.63, 3.8) is 0 Å². The molecule has 0 spiro atoms. The van der Waals surface area contributed by atoms with Crippen LogP contribution in [0.1, 0.15) is 16.0 Å². The van der Waals surface area contributed by atoms with Crippen LogP contribution in [0.15, 0.2) is 29.6 Å². The molecule has 1 aliphatic heterocycles. The molecule has 0 bridgehead atoms. The normalized spacial score (nSPS) is 14.1. The Morgan fingerprint density at radius 1 is 1.32 bits per heavy atom. The van der Waals surface area contributed by atoms with E-state index >= 15 is 0 Å². The van der Waals surface area contributed by atoms with Gasteiger partial charge in [0.25, 0.3) is 5.91 Å². The van der Waals surface area contributed by atoms with Crippen molar-refractivity contribution in [3.8, 4) is 5.75 Å². The Balaban J connectivity index is 1.86. The van der Waals surface area contributed by atoms with Crippen LogP contribution in [0, 0.1) is 6.92 Å². The van der Waals surface area contributed by atoms with Crippen molar-refractivity contribution >= 4 is 35.1 Å². The highest BCUT2D eigenvalue weighted by Gasteiger charge is 2.15. The van der Waals surface area contributed by atoms with Gasteiger partial charge < -0.3 is 10.1 Å². The Kier molecular flexibility index (Phi) is 3.09. The van der Waals surface area contributed by atoms with Crippen LogP contribution in [0.25, 0.3) is 12.2 Å². The lowest BCUT2D eigenvalue weighted by Gasteiger charge is -2.17.